The smallest absolute Gasteiger partial charge is 0.243 e. The molecule has 1 N–H and O–H groups in total. The molecule has 1 amide bonds. The minimum absolute atomic E-state index is 0.133. The zero-order valence-electron chi connectivity index (χ0n) is 12.0. The number of benzene rings is 1. The summed E-state index contributed by atoms with van der Waals surface area (Å²) in [5.41, 5.74) is 2.35. The van der Waals surface area contributed by atoms with Crippen molar-refractivity contribution in [3.63, 3.8) is 0 Å². The van der Waals surface area contributed by atoms with Crippen molar-refractivity contribution in [2.75, 3.05) is 38.6 Å². The van der Waals surface area contributed by atoms with E-state index in [9.17, 15) is 4.79 Å². The number of amides is 1. The first-order valence-corrected chi connectivity index (χ1v) is 6.87. The summed E-state index contributed by atoms with van der Waals surface area (Å²) in [5, 5.41) is 3.29. The van der Waals surface area contributed by atoms with Crippen LogP contribution in [-0.2, 0) is 11.2 Å². The van der Waals surface area contributed by atoms with E-state index in [1.165, 1.54) is 5.56 Å². The molecule has 0 radical (unpaired) electrons. The minimum Gasteiger partial charge on any atom is -0.310 e. The average Bonchev–Trinajstić information content (AvgIpc) is 2.81. The van der Waals surface area contributed by atoms with E-state index in [0.29, 0.717) is 0 Å². The number of carbonyl (C=O) groups is 1. The third-order valence-corrected chi connectivity index (χ3v) is 3.53. The zero-order valence-corrected chi connectivity index (χ0v) is 12.0. The van der Waals surface area contributed by atoms with Gasteiger partial charge in [-0.05, 0) is 39.1 Å². The summed E-state index contributed by atoms with van der Waals surface area (Å²) >= 11 is 0. The van der Waals surface area contributed by atoms with Crippen molar-refractivity contribution in [1.82, 2.24) is 10.2 Å². The predicted octanol–water partition coefficient (Wildman–Crippen LogP) is 1.12. The zero-order chi connectivity index (χ0) is 13.8. The highest BCUT2D eigenvalue weighted by molar-refractivity contribution is 5.98. The molecular formula is C15H23N3O. The molecule has 1 aromatic carbocycles. The van der Waals surface area contributed by atoms with Crippen LogP contribution in [0.4, 0.5) is 5.69 Å². The van der Waals surface area contributed by atoms with Crippen LogP contribution in [0.3, 0.4) is 0 Å². The summed E-state index contributed by atoms with van der Waals surface area (Å²) in [6, 6.07) is 8.03. The molecule has 2 rings (SSSR count). The van der Waals surface area contributed by atoms with Crippen molar-refractivity contribution < 1.29 is 4.79 Å². The summed E-state index contributed by atoms with van der Waals surface area (Å²) in [6.45, 7) is 4.51. The van der Waals surface area contributed by atoms with Gasteiger partial charge >= 0.3 is 0 Å². The van der Waals surface area contributed by atoms with Gasteiger partial charge in [0.25, 0.3) is 0 Å². The number of fused-ring (bicyclic) bond motifs is 1. The van der Waals surface area contributed by atoms with Crippen LogP contribution < -0.4 is 10.2 Å². The Kier molecular flexibility index (Phi) is 4.56. The number of anilines is 1. The van der Waals surface area contributed by atoms with Crippen molar-refractivity contribution in [3.8, 4) is 0 Å². The van der Waals surface area contributed by atoms with Crippen molar-refractivity contribution in [2.45, 2.75) is 19.4 Å². The van der Waals surface area contributed by atoms with Gasteiger partial charge in [-0.25, -0.2) is 0 Å². The fraction of sp³-hybridized carbons (Fsp3) is 0.533. The Labute approximate surface area is 115 Å². The molecule has 4 heteroatoms. The van der Waals surface area contributed by atoms with Crippen LogP contribution in [0.25, 0.3) is 0 Å². The molecule has 0 aromatic heterocycles. The van der Waals surface area contributed by atoms with Crippen LogP contribution in [0.15, 0.2) is 24.3 Å². The third kappa shape index (κ3) is 3.33. The second kappa shape index (κ2) is 6.17. The van der Waals surface area contributed by atoms with Crippen molar-refractivity contribution in [3.05, 3.63) is 29.8 Å². The molecule has 19 heavy (non-hydrogen) atoms. The van der Waals surface area contributed by atoms with Gasteiger partial charge in [0.1, 0.15) is 0 Å². The third-order valence-electron chi connectivity index (χ3n) is 3.53. The number of carbonyl (C=O) groups excluding carboxylic acids is 1. The molecule has 0 spiro atoms. The highest BCUT2D eigenvalue weighted by Crippen LogP contribution is 2.27. The summed E-state index contributed by atoms with van der Waals surface area (Å²) in [6.07, 6.45) is 0.965. The number of para-hydroxylation sites is 1. The maximum atomic E-state index is 12.4. The van der Waals surface area contributed by atoms with Gasteiger partial charge in [0.05, 0.1) is 6.04 Å². The number of likely N-dealkylation sites (N-methyl/N-ethyl adjacent to an activating group) is 1. The Hall–Kier alpha value is -1.39. The summed E-state index contributed by atoms with van der Waals surface area (Å²) in [5.74, 6) is 0.170. The monoisotopic (exact) mass is 261 g/mol. The molecule has 4 nitrogen and oxygen atoms in total. The first-order valence-electron chi connectivity index (χ1n) is 6.87. The topological polar surface area (TPSA) is 35.6 Å². The lowest BCUT2D eigenvalue weighted by molar-refractivity contribution is -0.120. The number of nitrogens with zero attached hydrogens (tertiary/aromatic N) is 2. The van der Waals surface area contributed by atoms with Gasteiger partial charge in [0.15, 0.2) is 0 Å². The van der Waals surface area contributed by atoms with Gasteiger partial charge in [-0.3, -0.25) is 4.79 Å². The van der Waals surface area contributed by atoms with Gasteiger partial charge in [-0.15, -0.1) is 0 Å². The van der Waals surface area contributed by atoms with Gasteiger partial charge < -0.3 is 15.1 Å². The van der Waals surface area contributed by atoms with E-state index in [-0.39, 0.29) is 11.9 Å². The maximum Gasteiger partial charge on any atom is 0.243 e. The van der Waals surface area contributed by atoms with Gasteiger partial charge in [0.2, 0.25) is 5.91 Å². The summed E-state index contributed by atoms with van der Waals surface area (Å²) in [7, 11) is 4.07. The second-order valence-electron chi connectivity index (χ2n) is 5.35. The fourth-order valence-electron chi connectivity index (χ4n) is 2.39. The van der Waals surface area contributed by atoms with Gasteiger partial charge in [-0.2, -0.15) is 0 Å². The predicted molar refractivity (Wildman–Crippen MR) is 78.5 cm³/mol. The van der Waals surface area contributed by atoms with E-state index < -0.39 is 0 Å². The minimum atomic E-state index is -0.133. The van der Waals surface area contributed by atoms with E-state index in [4.69, 9.17) is 0 Å². The van der Waals surface area contributed by atoms with E-state index >= 15 is 0 Å². The van der Waals surface area contributed by atoms with E-state index in [2.05, 4.69) is 16.3 Å². The first-order chi connectivity index (χ1) is 9.09. The Morgan fingerprint density at radius 3 is 2.89 bits per heavy atom. The molecule has 1 aliphatic heterocycles. The average molecular weight is 261 g/mol. The lowest BCUT2D eigenvalue weighted by Crippen LogP contribution is -2.46. The Morgan fingerprint density at radius 2 is 2.16 bits per heavy atom. The Bertz CT molecular complexity index is 445. The fourth-order valence-corrected chi connectivity index (χ4v) is 2.39. The molecule has 0 saturated heterocycles. The highest BCUT2D eigenvalue weighted by Gasteiger charge is 2.27. The molecular weight excluding hydrogens is 238 g/mol. The van der Waals surface area contributed by atoms with Crippen LogP contribution in [0.1, 0.15) is 12.5 Å². The number of rotatable bonds is 5. The van der Waals surface area contributed by atoms with Crippen LogP contribution >= 0.6 is 0 Å². The summed E-state index contributed by atoms with van der Waals surface area (Å²) < 4.78 is 0. The number of nitrogens with one attached hydrogen (secondary N) is 1. The van der Waals surface area contributed by atoms with Crippen molar-refractivity contribution in [1.29, 1.82) is 0 Å². The molecule has 1 unspecified atom stereocenters. The first kappa shape index (κ1) is 14.0. The van der Waals surface area contributed by atoms with E-state index in [0.717, 1.165) is 31.7 Å². The number of hydrogen-bond acceptors (Lipinski definition) is 3. The second-order valence-corrected chi connectivity index (χ2v) is 5.35. The lowest BCUT2D eigenvalue weighted by Gasteiger charge is -2.23. The van der Waals surface area contributed by atoms with Crippen molar-refractivity contribution >= 4 is 11.6 Å². The maximum absolute atomic E-state index is 12.4. The molecule has 1 aliphatic rings. The Morgan fingerprint density at radius 1 is 1.42 bits per heavy atom. The summed E-state index contributed by atoms with van der Waals surface area (Å²) in [4.78, 5) is 16.4. The van der Waals surface area contributed by atoms with Crippen LogP contribution in [0, 0.1) is 0 Å². The molecule has 1 heterocycles. The molecule has 0 bridgehead atoms. The standard InChI is InChI=1S/C15H23N3O/c1-12(16-9-11-17(2)3)15(19)18-10-8-13-6-4-5-7-14(13)18/h4-7,12,16H,8-11H2,1-3H3. The molecule has 1 aromatic rings. The number of hydrogen-bond donors (Lipinski definition) is 1. The quantitative estimate of drug-likeness (QED) is 0.862. The SMILES string of the molecule is CC(NCCN(C)C)C(=O)N1CCc2ccccc21. The van der Waals surface area contributed by atoms with Crippen LogP contribution in [0.2, 0.25) is 0 Å². The molecule has 0 aliphatic carbocycles. The molecule has 1 atom stereocenters. The van der Waals surface area contributed by atoms with Crippen LogP contribution in [-0.4, -0.2) is 50.6 Å². The molecule has 0 saturated carbocycles. The Balaban J connectivity index is 1.94. The largest absolute Gasteiger partial charge is 0.310 e. The van der Waals surface area contributed by atoms with E-state index in [1.807, 2.05) is 44.1 Å². The van der Waals surface area contributed by atoms with E-state index in [1.54, 1.807) is 0 Å². The normalized spacial score (nSPS) is 15.7. The highest BCUT2D eigenvalue weighted by atomic mass is 16.2. The van der Waals surface area contributed by atoms with Crippen LogP contribution in [0.5, 0.6) is 0 Å². The molecule has 104 valence electrons. The lowest BCUT2D eigenvalue weighted by atomic mass is 10.2. The van der Waals surface area contributed by atoms with Gasteiger partial charge in [0, 0.05) is 25.3 Å². The van der Waals surface area contributed by atoms with Gasteiger partial charge in [-0.1, -0.05) is 18.2 Å². The van der Waals surface area contributed by atoms with Crippen molar-refractivity contribution in [2.24, 2.45) is 0 Å². The molecule has 0 fully saturated rings.